The molecule has 1 atom stereocenters. The van der Waals surface area contributed by atoms with E-state index in [4.69, 9.17) is 11.6 Å². The van der Waals surface area contributed by atoms with E-state index in [1.165, 1.54) is 0 Å². The molecule has 0 aromatic carbocycles. The van der Waals surface area contributed by atoms with Crippen LogP contribution in [0.2, 0.25) is 5.02 Å². The fourth-order valence-corrected chi connectivity index (χ4v) is 2.80. The quantitative estimate of drug-likeness (QED) is 0.792. The van der Waals surface area contributed by atoms with Crippen LogP contribution in [0.15, 0.2) is 12.3 Å². The number of aryl methyl sites for hydroxylation is 1. The highest BCUT2D eigenvalue weighted by Gasteiger charge is 2.26. The molecule has 19 heavy (non-hydrogen) atoms. The summed E-state index contributed by atoms with van der Waals surface area (Å²) in [5, 5.41) is 0.488. The molecule has 1 fully saturated rings. The summed E-state index contributed by atoms with van der Waals surface area (Å²) in [7, 11) is 2.09. The summed E-state index contributed by atoms with van der Waals surface area (Å²) in [5.41, 5.74) is 1.33. The van der Waals surface area contributed by atoms with Gasteiger partial charge in [0.05, 0.1) is 10.6 Å². The Balaban J connectivity index is 2.22. The van der Waals surface area contributed by atoms with Crippen LogP contribution in [0.3, 0.4) is 0 Å². The number of likely N-dealkylation sites (N-methyl/N-ethyl adjacent to an activating group) is 1. The smallest absolute Gasteiger partial charge is 0.257 e. The number of hydrogen-bond acceptors (Lipinski definition) is 3. The van der Waals surface area contributed by atoms with E-state index in [1.54, 1.807) is 12.3 Å². The van der Waals surface area contributed by atoms with E-state index in [-0.39, 0.29) is 11.9 Å². The monoisotopic (exact) mass is 281 g/mol. The minimum absolute atomic E-state index is 0.0136. The first-order valence-corrected chi connectivity index (χ1v) is 6.98. The lowest BCUT2D eigenvalue weighted by molar-refractivity contribution is 0.0696. The Morgan fingerprint density at radius 3 is 2.89 bits per heavy atom. The van der Waals surface area contributed by atoms with Crippen molar-refractivity contribution >= 4 is 17.5 Å². The van der Waals surface area contributed by atoms with Crippen molar-refractivity contribution in [1.82, 2.24) is 14.8 Å². The molecule has 0 radical (unpaired) electrons. The third-order valence-corrected chi connectivity index (χ3v) is 3.84. The zero-order valence-corrected chi connectivity index (χ0v) is 12.4. The molecular weight excluding hydrogens is 262 g/mol. The van der Waals surface area contributed by atoms with Crippen molar-refractivity contribution in [3.05, 3.63) is 28.5 Å². The van der Waals surface area contributed by atoms with Crippen molar-refractivity contribution in [3.63, 3.8) is 0 Å². The maximum Gasteiger partial charge on any atom is 0.257 e. The first kappa shape index (κ1) is 14.3. The molecule has 5 heteroatoms. The fourth-order valence-electron chi connectivity index (χ4n) is 2.51. The number of carbonyl (C=O) groups is 1. The van der Waals surface area contributed by atoms with Gasteiger partial charge in [0.1, 0.15) is 0 Å². The van der Waals surface area contributed by atoms with Gasteiger partial charge in [-0.15, -0.1) is 0 Å². The summed E-state index contributed by atoms with van der Waals surface area (Å²) in [6.07, 6.45) is 2.57. The normalized spacial score (nSPS) is 21.3. The lowest BCUT2D eigenvalue weighted by atomic mass is 10.2. The molecule has 2 rings (SSSR count). The molecule has 1 aromatic heterocycles. The Hall–Kier alpha value is -1.13. The summed E-state index contributed by atoms with van der Waals surface area (Å²) in [6, 6.07) is 1.93. The van der Waals surface area contributed by atoms with Crippen LogP contribution in [0.5, 0.6) is 0 Å². The van der Waals surface area contributed by atoms with Gasteiger partial charge in [0, 0.05) is 31.0 Å². The summed E-state index contributed by atoms with van der Waals surface area (Å²) >= 11 is 6.16. The number of rotatable bonds is 1. The lowest BCUT2D eigenvalue weighted by Crippen LogP contribution is -2.42. The van der Waals surface area contributed by atoms with E-state index >= 15 is 0 Å². The van der Waals surface area contributed by atoms with Gasteiger partial charge in [0.15, 0.2) is 0 Å². The second-order valence-corrected chi connectivity index (χ2v) is 5.68. The van der Waals surface area contributed by atoms with Gasteiger partial charge in [-0.05, 0) is 39.9 Å². The Bertz CT molecular complexity index is 478. The molecule has 1 unspecified atom stereocenters. The van der Waals surface area contributed by atoms with Crippen LogP contribution in [-0.2, 0) is 0 Å². The van der Waals surface area contributed by atoms with E-state index in [9.17, 15) is 4.79 Å². The largest absolute Gasteiger partial charge is 0.335 e. The van der Waals surface area contributed by atoms with E-state index in [2.05, 4.69) is 23.9 Å². The molecule has 2 heterocycles. The van der Waals surface area contributed by atoms with E-state index in [0.717, 1.165) is 31.7 Å². The molecule has 1 saturated heterocycles. The number of hydrogen-bond donors (Lipinski definition) is 0. The average Bonchev–Trinajstić information content (AvgIpc) is 2.49. The van der Waals surface area contributed by atoms with Gasteiger partial charge >= 0.3 is 0 Å². The van der Waals surface area contributed by atoms with Crippen LogP contribution in [0, 0.1) is 6.92 Å². The standard InChI is InChI=1S/C14H20ClN3O/c1-10-7-13(15)12(8-16-10)14(19)18-6-4-5-17(3)9-11(18)2/h7-8,11H,4-6,9H2,1-3H3. The molecule has 0 N–H and O–H groups in total. The highest BCUT2D eigenvalue weighted by atomic mass is 35.5. The lowest BCUT2D eigenvalue weighted by Gasteiger charge is -2.28. The third kappa shape index (κ3) is 3.25. The van der Waals surface area contributed by atoms with Crippen molar-refractivity contribution in [1.29, 1.82) is 0 Å². The van der Waals surface area contributed by atoms with Gasteiger partial charge < -0.3 is 9.80 Å². The number of nitrogens with zero attached hydrogens (tertiary/aromatic N) is 3. The zero-order chi connectivity index (χ0) is 14.0. The van der Waals surface area contributed by atoms with Crippen molar-refractivity contribution in [2.45, 2.75) is 26.3 Å². The molecule has 0 aliphatic carbocycles. The Labute approximate surface area is 119 Å². The minimum atomic E-state index is -0.0136. The minimum Gasteiger partial charge on any atom is -0.335 e. The van der Waals surface area contributed by atoms with Gasteiger partial charge in [0.25, 0.3) is 5.91 Å². The number of carbonyl (C=O) groups excluding carboxylic acids is 1. The Morgan fingerprint density at radius 1 is 1.47 bits per heavy atom. The van der Waals surface area contributed by atoms with Crippen LogP contribution >= 0.6 is 11.6 Å². The third-order valence-electron chi connectivity index (χ3n) is 3.53. The Morgan fingerprint density at radius 2 is 2.21 bits per heavy atom. The summed E-state index contributed by atoms with van der Waals surface area (Å²) in [5.74, 6) is -0.0136. The van der Waals surface area contributed by atoms with Crippen LogP contribution in [0.1, 0.15) is 29.4 Å². The van der Waals surface area contributed by atoms with Crippen LogP contribution < -0.4 is 0 Å². The van der Waals surface area contributed by atoms with Crippen LogP contribution in [0.4, 0.5) is 0 Å². The first-order chi connectivity index (χ1) is 8.99. The van der Waals surface area contributed by atoms with Gasteiger partial charge in [-0.1, -0.05) is 11.6 Å². The SMILES string of the molecule is Cc1cc(Cl)c(C(=O)N2CCCN(C)CC2C)cn1. The van der Waals surface area contributed by atoms with Gasteiger partial charge in [-0.2, -0.15) is 0 Å². The topological polar surface area (TPSA) is 36.4 Å². The van der Waals surface area contributed by atoms with Gasteiger partial charge in [-0.3, -0.25) is 9.78 Å². The predicted octanol–water partition coefficient (Wildman–Crippen LogP) is 2.21. The zero-order valence-electron chi connectivity index (χ0n) is 11.7. The highest BCUT2D eigenvalue weighted by molar-refractivity contribution is 6.33. The van der Waals surface area contributed by atoms with E-state index < -0.39 is 0 Å². The van der Waals surface area contributed by atoms with Crippen molar-refractivity contribution < 1.29 is 4.79 Å². The van der Waals surface area contributed by atoms with Gasteiger partial charge in [-0.25, -0.2) is 0 Å². The van der Waals surface area contributed by atoms with Gasteiger partial charge in [0.2, 0.25) is 0 Å². The van der Waals surface area contributed by atoms with Crippen LogP contribution in [-0.4, -0.2) is 53.4 Å². The molecule has 0 bridgehead atoms. The highest BCUT2D eigenvalue weighted by Crippen LogP contribution is 2.20. The number of pyridine rings is 1. The van der Waals surface area contributed by atoms with E-state index in [1.807, 2.05) is 11.8 Å². The molecule has 0 saturated carbocycles. The number of amides is 1. The molecule has 1 amide bonds. The van der Waals surface area contributed by atoms with Crippen molar-refractivity contribution in [2.75, 3.05) is 26.7 Å². The predicted molar refractivity (Wildman–Crippen MR) is 76.6 cm³/mol. The fraction of sp³-hybridized carbons (Fsp3) is 0.571. The molecule has 1 aliphatic rings. The maximum atomic E-state index is 12.6. The molecule has 0 spiro atoms. The molecule has 1 aliphatic heterocycles. The maximum absolute atomic E-state index is 12.6. The van der Waals surface area contributed by atoms with Crippen molar-refractivity contribution in [2.24, 2.45) is 0 Å². The first-order valence-electron chi connectivity index (χ1n) is 6.60. The number of aromatic nitrogens is 1. The Kier molecular flexibility index (Phi) is 4.42. The molecule has 1 aromatic rings. The molecule has 104 valence electrons. The van der Waals surface area contributed by atoms with E-state index in [0.29, 0.717) is 10.6 Å². The van der Waals surface area contributed by atoms with Crippen LogP contribution in [0.25, 0.3) is 0 Å². The average molecular weight is 282 g/mol. The second kappa shape index (κ2) is 5.88. The summed E-state index contributed by atoms with van der Waals surface area (Å²) < 4.78 is 0. The molecular formula is C14H20ClN3O. The second-order valence-electron chi connectivity index (χ2n) is 5.27. The molecule has 4 nitrogen and oxygen atoms in total. The number of halogens is 1. The summed E-state index contributed by atoms with van der Waals surface area (Å²) in [6.45, 7) is 6.63. The van der Waals surface area contributed by atoms with Crippen molar-refractivity contribution in [3.8, 4) is 0 Å². The summed E-state index contributed by atoms with van der Waals surface area (Å²) in [4.78, 5) is 20.9.